The number of nitrogens with zero attached hydrogens (tertiary/aromatic N) is 1. The van der Waals surface area contributed by atoms with Crippen LogP contribution in [0.1, 0.15) is 219 Å². The molecule has 0 aromatic carbocycles. The van der Waals surface area contributed by atoms with Crippen LogP contribution in [-0.4, -0.2) is 87.4 Å². The smallest absolute Gasteiger partial charge is 0.361 e. The Balaban J connectivity index is 4.23. The molecule has 0 fully saturated rings. The summed E-state index contributed by atoms with van der Waals surface area (Å²) in [6.45, 7) is 4.56. The molecule has 0 saturated carbocycles. The number of unbranched alkanes of at least 4 members (excludes halogenated alkanes) is 12. The SMILES string of the molecule is CC/C=C\C/C=C\C/C=C\C/C=C\C/C=C\C/C=C\C/C=C\C/C=C\C/C=C\C/C=C\CCCCCCCCCCCCC(=O)OC(COC(=O)CCCC/C=C\C/C=C\C/C=C\C/C=C\C/C=C\C/C=C\CC)COC(OCC[N+](C)(C)C)C(=O)O. The minimum absolute atomic E-state index is 0.169. The molecule has 0 rings (SSSR count). The number of aliphatic carboxylic acids is 1. The minimum atomic E-state index is -1.53. The van der Waals surface area contributed by atoms with Crippen LogP contribution in [0.25, 0.3) is 0 Å². The summed E-state index contributed by atoms with van der Waals surface area (Å²) in [6, 6.07) is 0. The molecule has 0 bridgehead atoms. The number of carboxylic acid groups (broad SMARTS) is 1. The maximum absolute atomic E-state index is 12.9. The Bertz CT molecular complexity index is 2130. The third-order valence-corrected chi connectivity index (χ3v) is 13.3. The Morgan fingerprint density at radius 3 is 0.943 bits per heavy atom. The molecule has 2 atom stereocenters. The second-order valence-electron chi connectivity index (χ2n) is 22.7. The number of carbonyl (C=O) groups is 3. The van der Waals surface area contributed by atoms with Crippen LogP contribution in [0.5, 0.6) is 0 Å². The molecule has 0 amide bonds. The number of rotatable bonds is 59. The van der Waals surface area contributed by atoms with Gasteiger partial charge in [-0.05, 0) is 141 Å². The molecule has 0 aliphatic carbocycles. The van der Waals surface area contributed by atoms with Crippen molar-refractivity contribution >= 4 is 17.9 Å². The van der Waals surface area contributed by atoms with Crippen LogP contribution in [0.2, 0.25) is 0 Å². The number of ether oxygens (including phenoxy) is 4. The van der Waals surface area contributed by atoms with Crippen LogP contribution < -0.4 is 0 Å². The Morgan fingerprint density at radius 2 is 0.621 bits per heavy atom. The van der Waals surface area contributed by atoms with Crippen LogP contribution in [-0.2, 0) is 33.3 Å². The molecule has 0 radical (unpaired) electrons. The first kappa shape index (κ1) is 81.1. The summed E-state index contributed by atoms with van der Waals surface area (Å²) in [5, 5.41) is 9.73. The lowest BCUT2D eigenvalue weighted by atomic mass is 10.0. The number of hydrogen-bond acceptors (Lipinski definition) is 7. The first-order valence-corrected chi connectivity index (χ1v) is 33.6. The van der Waals surface area contributed by atoms with Crippen molar-refractivity contribution in [3.63, 3.8) is 0 Å². The van der Waals surface area contributed by atoms with Crippen molar-refractivity contribution in [3.05, 3.63) is 194 Å². The lowest BCUT2D eigenvalue weighted by molar-refractivity contribution is -0.870. The number of esters is 2. The van der Waals surface area contributed by atoms with Crippen molar-refractivity contribution < 1.29 is 42.9 Å². The Morgan fingerprint density at radius 1 is 0.345 bits per heavy atom. The Hall–Kier alpha value is -5.87. The van der Waals surface area contributed by atoms with Gasteiger partial charge in [0, 0.05) is 12.8 Å². The predicted octanol–water partition coefficient (Wildman–Crippen LogP) is 21.0. The average molecular weight is 1200 g/mol. The second-order valence-corrected chi connectivity index (χ2v) is 22.7. The fourth-order valence-electron chi connectivity index (χ4n) is 8.28. The Labute approximate surface area is 532 Å². The van der Waals surface area contributed by atoms with Gasteiger partial charge in [0.05, 0.1) is 34.4 Å². The molecule has 0 saturated heterocycles. The topological polar surface area (TPSA) is 108 Å². The lowest BCUT2D eigenvalue weighted by Crippen LogP contribution is -2.40. The highest BCUT2D eigenvalue weighted by molar-refractivity contribution is 5.71. The van der Waals surface area contributed by atoms with E-state index in [1.165, 1.54) is 38.5 Å². The first-order valence-electron chi connectivity index (χ1n) is 33.6. The van der Waals surface area contributed by atoms with E-state index >= 15 is 0 Å². The molecule has 9 nitrogen and oxygen atoms in total. The molecule has 2 unspecified atom stereocenters. The van der Waals surface area contributed by atoms with Gasteiger partial charge >= 0.3 is 17.9 Å². The van der Waals surface area contributed by atoms with Crippen molar-refractivity contribution in [2.75, 3.05) is 47.5 Å². The summed E-state index contributed by atoms with van der Waals surface area (Å²) in [4.78, 5) is 37.5. The van der Waals surface area contributed by atoms with Gasteiger partial charge in [0.1, 0.15) is 13.2 Å². The molecule has 9 heteroatoms. The van der Waals surface area contributed by atoms with Gasteiger partial charge in [0.15, 0.2) is 6.10 Å². The molecule has 0 heterocycles. The Kier molecular flexibility index (Phi) is 61.6. The highest BCUT2D eigenvalue weighted by atomic mass is 16.7. The van der Waals surface area contributed by atoms with Gasteiger partial charge in [-0.15, -0.1) is 0 Å². The summed E-state index contributed by atoms with van der Waals surface area (Å²) < 4.78 is 22.9. The van der Waals surface area contributed by atoms with Crippen LogP contribution in [0, 0.1) is 0 Å². The fraction of sp³-hybridized carbons (Fsp3) is 0.551. The average Bonchev–Trinajstić information content (AvgIpc) is 3.59. The summed E-state index contributed by atoms with van der Waals surface area (Å²) in [7, 11) is 5.94. The van der Waals surface area contributed by atoms with Gasteiger partial charge in [-0.3, -0.25) is 9.59 Å². The zero-order chi connectivity index (χ0) is 63.3. The van der Waals surface area contributed by atoms with E-state index in [0.29, 0.717) is 23.9 Å². The fourth-order valence-corrected chi connectivity index (χ4v) is 8.28. The van der Waals surface area contributed by atoms with Crippen molar-refractivity contribution in [1.29, 1.82) is 0 Å². The van der Waals surface area contributed by atoms with E-state index in [1.54, 1.807) is 0 Å². The molecule has 0 aliphatic rings. The molecule has 0 aliphatic heterocycles. The van der Waals surface area contributed by atoms with Gasteiger partial charge in [-0.1, -0.05) is 260 Å². The van der Waals surface area contributed by atoms with Crippen molar-refractivity contribution in [3.8, 4) is 0 Å². The lowest BCUT2D eigenvalue weighted by Gasteiger charge is -2.25. The largest absolute Gasteiger partial charge is 0.477 e. The summed E-state index contributed by atoms with van der Waals surface area (Å²) in [6.07, 6.45) is 99.6. The van der Waals surface area contributed by atoms with Crippen molar-refractivity contribution in [1.82, 2.24) is 0 Å². The van der Waals surface area contributed by atoms with Gasteiger partial charge < -0.3 is 28.5 Å². The van der Waals surface area contributed by atoms with Crippen LogP contribution in [0.4, 0.5) is 0 Å². The minimum Gasteiger partial charge on any atom is -0.477 e. The number of quaternary nitrogens is 1. The number of carbonyl (C=O) groups excluding carboxylic acids is 2. The summed E-state index contributed by atoms with van der Waals surface area (Å²) in [5.41, 5.74) is 0. The van der Waals surface area contributed by atoms with E-state index < -0.39 is 30.3 Å². The molecule has 87 heavy (non-hydrogen) atoms. The number of carboxylic acids is 1. The van der Waals surface area contributed by atoms with Gasteiger partial charge in [-0.2, -0.15) is 0 Å². The third kappa shape index (κ3) is 67.5. The van der Waals surface area contributed by atoms with Crippen LogP contribution in [0.15, 0.2) is 194 Å². The maximum Gasteiger partial charge on any atom is 0.361 e. The third-order valence-electron chi connectivity index (χ3n) is 13.3. The van der Waals surface area contributed by atoms with Crippen molar-refractivity contribution in [2.45, 2.75) is 232 Å². The van der Waals surface area contributed by atoms with Gasteiger partial charge in [-0.25, -0.2) is 4.79 Å². The monoisotopic (exact) mass is 1200 g/mol. The first-order chi connectivity index (χ1) is 42.6. The quantitative estimate of drug-likeness (QED) is 0.0211. The number of likely N-dealkylation sites (N-methyl/N-ethyl adjacent to an activating group) is 1. The molecule has 0 spiro atoms. The molecule has 1 N–H and O–H groups in total. The molecular formula is C78H122NO8+. The highest BCUT2D eigenvalue weighted by Crippen LogP contribution is 2.14. The molecule has 0 aromatic heterocycles. The van der Waals surface area contributed by atoms with Crippen LogP contribution >= 0.6 is 0 Å². The van der Waals surface area contributed by atoms with Crippen molar-refractivity contribution in [2.24, 2.45) is 0 Å². The maximum atomic E-state index is 12.9. The van der Waals surface area contributed by atoms with E-state index in [4.69, 9.17) is 18.9 Å². The van der Waals surface area contributed by atoms with Gasteiger partial charge in [0.2, 0.25) is 0 Å². The number of hydrogen-bond donors (Lipinski definition) is 1. The van der Waals surface area contributed by atoms with E-state index in [9.17, 15) is 19.5 Å². The summed E-state index contributed by atoms with van der Waals surface area (Å²) in [5.74, 6) is -2.09. The molecular weight excluding hydrogens is 1080 g/mol. The van der Waals surface area contributed by atoms with E-state index in [1.807, 2.05) is 21.1 Å². The van der Waals surface area contributed by atoms with E-state index in [2.05, 4.69) is 208 Å². The highest BCUT2D eigenvalue weighted by Gasteiger charge is 2.25. The zero-order valence-corrected chi connectivity index (χ0v) is 55.3. The normalized spacial score (nSPS) is 14.0. The number of allylic oxidation sites excluding steroid dienone is 32. The van der Waals surface area contributed by atoms with E-state index in [-0.39, 0.29) is 32.7 Å². The predicted molar refractivity (Wildman–Crippen MR) is 372 cm³/mol. The van der Waals surface area contributed by atoms with E-state index in [0.717, 1.165) is 141 Å². The van der Waals surface area contributed by atoms with Crippen LogP contribution in [0.3, 0.4) is 0 Å². The zero-order valence-electron chi connectivity index (χ0n) is 55.3. The molecule has 486 valence electrons. The molecule has 0 aromatic rings. The summed E-state index contributed by atoms with van der Waals surface area (Å²) >= 11 is 0. The van der Waals surface area contributed by atoms with Gasteiger partial charge in [0.25, 0.3) is 6.29 Å². The second kappa shape index (κ2) is 66.1. The standard InChI is InChI=1S/C78H121NO8/c1-6-8-10-12-14-16-18-20-22-24-26-28-29-30-31-32-33-34-35-36-37-38-39-40-41-42-43-44-45-46-47-49-51-53-55-57-59-61-63-65-67-69-76(81)87-74(73-86-78(77(82)83)84-71-70-79(3,4)5)72-85-75(80)68-66-64-62-60-58-56-54-52-50-48-27-25-23-21-19-17-15-13-11-9-7-2/h8-11,14-17,20-23,26-28,30-31,33-34,36-37,39-40,42-43,45-46,48,52,54,58,60,74,78H,6-7,12-13,18-19,24-25,29,32,35,38,41,44,47,49-51,53,55-57,59,61-73H2,1-5H3/p+1/b10-8-,11-9-,16-14-,17-15-,22-20-,23-21-,28-26-,31-30-,34-33-,37-36-,40-39-,43-42-,46-45-,48-27-,54-52-,60-58-.